The number of pyridine rings is 2. The largest absolute Gasteiger partial charge is 0.257 e. The van der Waals surface area contributed by atoms with Crippen LogP contribution < -0.4 is 0 Å². The van der Waals surface area contributed by atoms with Gasteiger partial charge in [0, 0.05) is 33.8 Å². The molecule has 1 aliphatic rings. The highest BCUT2D eigenvalue weighted by Gasteiger charge is 2.46. The van der Waals surface area contributed by atoms with Crippen LogP contribution in [0.25, 0.3) is 22.4 Å². The molecule has 1 aromatic carbocycles. The van der Waals surface area contributed by atoms with E-state index in [2.05, 4.69) is 76.0 Å². The molecule has 0 radical (unpaired) electrons. The van der Waals surface area contributed by atoms with E-state index >= 15 is 0 Å². The first-order valence-corrected chi connectivity index (χ1v) is 8.87. The predicted molar refractivity (Wildman–Crippen MR) is 104 cm³/mol. The molecule has 0 fully saturated rings. The third-order valence-corrected chi connectivity index (χ3v) is 6.13. The Hall–Kier alpha value is -2.48. The molecular weight excluding hydrogens is 304 g/mol. The summed E-state index contributed by atoms with van der Waals surface area (Å²) >= 11 is 0. The standard InChI is InChI=1S/C23H24N2/c1-15-9-11-17-18-14-16(20-8-6-7-13-24-20)10-12-19(18)22(2,3)23(4,5)21(17)25-15/h6-14H,1-5H3. The summed E-state index contributed by atoms with van der Waals surface area (Å²) in [6, 6.07) is 17.2. The van der Waals surface area contributed by atoms with Crippen LogP contribution in [0.1, 0.15) is 44.6 Å². The molecular formula is C23H24N2. The Bertz CT molecular complexity index is 953. The summed E-state index contributed by atoms with van der Waals surface area (Å²) in [6.07, 6.45) is 1.85. The van der Waals surface area contributed by atoms with Gasteiger partial charge in [-0.1, -0.05) is 52.0 Å². The summed E-state index contributed by atoms with van der Waals surface area (Å²) in [5.41, 5.74) is 8.33. The molecule has 0 spiro atoms. The average Bonchev–Trinajstić information content (AvgIpc) is 2.61. The molecule has 1 aliphatic carbocycles. The molecule has 0 aliphatic heterocycles. The quantitative estimate of drug-likeness (QED) is 0.573. The van der Waals surface area contributed by atoms with Crippen molar-refractivity contribution < 1.29 is 0 Å². The Morgan fingerprint density at radius 2 is 1.60 bits per heavy atom. The number of nitrogens with zero attached hydrogens (tertiary/aromatic N) is 2. The van der Waals surface area contributed by atoms with Gasteiger partial charge in [0.05, 0.1) is 11.4 Å². The van der Waals surface area contributed by atoms with E-state index in [4.69, 9.17) is 4.98 Å². The first-order valence-electron chi connectivity index (χ1n) is 8.87. The topological polar surface area (TPSA) is 25.8 Å². The number of benzene rings is 1. The number of aryl methyl sites for hydroxylation is 1. The molecule has 4 rings (SSSR count). The van der Waals surface area contributed by atoms with E-state index in [1.54, 1.807) is 0 Å². The van der Waals surface area contributed by atoms with Crippen molar-refractivity contribution in [2.75, 3.05) is 0 Å². The average molecular weight is 328 g/mol. The van der Waals surface area contributed by atoms with Gasteiger partial charge < -0.3 is 0 Å². The molecule has 0 amide bonds. The SMILES string of the molecule is Cc1ccc2c(n1)C(C)(C)C(C)(C)c1ccc(-c3ccccn3)cc1-2. The lowest BCUT2D eigenvalue weighted by atomic mass is 9.57. The highest BCUT2D eigenvalue weighted by atomic mass is 14.8. The van der Waals surface area contributed by atoms with Crippen LogP contribution in [0.5, 0.6) is 0 Å². The Balaban J connectivity index is 2.02. The van der Waals surface area contributed by atoms with Crippen LogP contribution in [0.4, 0.5) is 0 Å². The van der Waals surface area contributed by atoms with Crippen LogP contribution in [0.3, 0.4) is 0 Å². The molecule has 2 aromatic heterocycles. The van der Waals surface area contributed by atoms with Gasteiger partial charge in [-0.25, -0.2) is 0 Å². The molecule has 0 saturated heterocycles. The van der Waals surface area contributed by atoms with Gasteiger partial charge in [0.1, 0.15) is 0 Å². The van der Waals surface area contributed by atoms with Crippen LogP contribution >= 0.6 is 0 Å². The van der Waals surface area contributed by atoms with Crippen LogP contribution in [0, 0.1) is 6.92 Å². The Kier molecular flexibility index (Phi) is 3.37. The van der Waals surface area contributed by atoms with Crippen LogP contribution in [-0.2, 0) is 10.8 Å². The second kappa shape index (κ2) is 5.26. The zero-order valence-electron chi connectivity index (χ0n) is 15.6. The summed E-state index contributed by atoms with van der Waals surface area (Å²) in [4.78, 5) is 9.47. The lowest BCUT2D eigenvalue weighted by molar-refractivity contribution is 0.291. The second-order valence-electron chi connectivity index (χ2n) is 8.07. The maximum absolute atomic E-state index is 4.95. The Labute approximate surface area is 150 Å². The molecule has 0 unspecified atom stereocenters. The van der Waals surface area contributed by atoms with Gasteiger partial charge >= 0.3 is 0 Å². The third kappa shape index (κ3) is 2.24. The van der Waals surface area contributed by atoms with Crippen molar-refractivity contribution in [2.45, 2.75) is 45.4 Å². The zero-order valence-corrected chi connectivity index (χ0v) is 15.6. The molecule has 0 atom stereocenters. The highest BCUT2D eigenvalue weighted by Crippen LogP contribution is 2.53. The smallest absolute Gasteiger partial charge is 0.0702 e. The Morgan fingerprint density at radius 1 is 0.800 bits per heavy atom. The molecule has 0 N–H and O–H groups in total. The van der Waals surface area contributed by atoms with E-state index in [0.29, 0.717) is 0 Å². The van der Waals surface area contributed by atoms with Crippen molar-refractivity contribution in [3.8, 4) is 22.4 Å². The maximum atomic E-state index is 4.95. The van der Waals surface area contributed by atoms with Crippen molar-refractivity contribution in [1.82, 2.24) is 9.97 Å². The Morgan fingerprint density at radius 3 is 2.32 bits per heavy atom. The summed E-state index contributed by atoms with van der Waals surface area (Å²) in [7, 11) is 0. The first-order chi connectivity index (χ1) is 11.8. The first kappa shape index (κ1) is 16.0. The van der Waals surface area contributed by atoms with Gasteiger partial charge in [0.2, 0.25) is 0 Å². The van der Waals surface area contributed by atoms with Crippen LogP contribution in [0.15, 0.2) is 54.7 Å². The van der Waals surface area contributed by atoms with Gasteiger partial charge in [-0.05, 0) is 42.3 Å². The lowest BCUT2D eigenvalue weighted by Crippen LogP contribution is -2.44. The summed E-state index contributed by atoms with van der Waals surface area (Å²) < 4.78 is 0. The minimum atomic E-state index is -0.0339. The van der Waals surface area contributed by atoms with Gasteiger partial charge in [-0.15, -0.1) is 0 Å². The van der Waals surface area contributed by atoms with E-state index in [1.165, 1.54) is 22.4 Å². The molecule has 2 nitrogen and oxygen atoms in total. The molecule has 2 heteroatoms. The highest BCUT2D eigenvalue weighted by molar-refractivity contribution is 5.80. The summed E-state index contributed by atoms with van der Waals surface area (Å²) in [6.45, 7) is 11.4. The van der Waals surface area contributed by atoms with Gasteiger partial charge in [0.15, 0.2) is 0 Å². The fraction of sp³-hybridized carbons (Fsp3) is 0.304. The molecule has 0 saturated carbocycles. The summed E-state index contributed by atoms with van der Waals surface area (Å²) in [5, 5.41) is 0. The van der Waals surface area contributed by atoms with Crippen molar-refractivity contribution in [1.29, 1.82) is 0 Å². The molecule has 2 heterocycles. The molecule has 3 aromatic rings. The van der Waals surface area contributed by atoms with Crippen molar-refractivity contribution in [2.24, 2.45) is 0 Å². The van der Waals surface area contributed by atoms with Crippen LogP contribution in [-0.4, -0.2) is 9.97 Å². The molecule has 0 bridgehead atoms. The number of hydrogen-bond donors (Lipinski definition) is 0. The van der Waals surface area contributed by atoms with Gasteiger partial charge in [-0.3, -0.25) is 9.97 Å². The summed E-state index contributed by atoms with van der Waals surface area (Å²) in [5.74, 6) is 0. The number of hydrogen-bond acceptors (Lipinski definition) is 2. The normalized spacial score (nSPS) is 16.8. The molecule has 25 heavy (non-hydrogen) atoms. The van der Waals surface area contributed by atoms with Crippen molar-refractivity contribution in [3.63, 3.8) is 0 Å². The van der Waals surface area contributed by atoms with E-state index in [1.807, 2.05) is 18.3 Å². The monoisotopic (exact) mass is 328 g/mol. The predicted octanol–water partition coefficient (Wildman–Crippen LogP) is 5.69. The van der Waals surface area contributed by atoms with Crippen molar-refractivity contribution in [3.05, 3.63) is 71.7 Å². The fourth-order valence-electron chi connectivity index (χ4n) is 3.89. The maximum Gasteiger partial charge on any atom is 0.0702 e. The fourth-order valence-corrected chi connectivity index (χ4v) is 3.89. The van der Waals surface area contributed by atoms with Crippen LogP contribution in [0.2, 0.25) is 0 Å². The minimum Gasteiger partial charge on any atom is -0.257 e. The van der Waals surface area contributed by atoms with Gasteiger partial charge in [0.25, 0.3) is 0 Å². The zero-order chi connectivity index (χ0) is 17.8. The number of fused-ring (bicyclic) bond motifs is 3. The third-order valence-electron chi connectivity index (χ3n) is 6.13. The molecule has 126 valence electrons. The van der Waals surface area contributed by atoms with Gasteiger partial charge in [-0.2, -0.15) is 0 Å². The van der Waals surface area contributed by atoms with E-state index in [0.717, 1.165) is 17.0 Å². The van der Waals surface area contributed by atoms with E-state index < -0.39 is 0 Å². The van der Waals surface area contributed by atoms with Crippen molar-refractivity contribution >= 4 is 0 Å². The minimum absolute atomic E-state index is 0.00122. The number of aromatic nitrogens is 2. The number of rotatable bonds is 1. The van der Waals surface area contributed by atoms with E-state index in [9.17, 15) is 0 Å². The van der Waals surface area contributed by atoms with E-state index in [-0.39, 0.29) is 10.8 Å². The second-order valence-corrected chi connectivity index (χ2v) is 8.07. The lowest BCUT2D eigenvalue weighted by Gasteiger charge is -2.47.